The van der Waals surface area contributed by atoms with Crippen molar-refractivity contribution in [1.29, 1.82) is 0 Å². The molecule has 0 saturated carbocycles. The molecule has 0 bridgehead atoms. The van der Waals surface area contributed by atoms with E-state index in [0.29, 0.717) is 12.3 Å². The average molecular weight is 246 g/mol. The van der Waals surface area contributed by atoms with Gasteiger partial charge in [0.25, 0.3) is 0 Å². The Balaban J connectivity index is 2.28. The van der Waals surface area contributed by atoms with Crippen molar-refractivity contribution in [3.05, 3.63) is 0 Å². The fraction of sp³-hybridized carbons (Fsp3) is 0.909. The molecule has 1 heterocycles. The highest BCUT2D eigenvalue weighted by molar-refractivity contribution is 7.98. The molecule has 1 fully saturated rings. The molecule has 0 aromatic carbocycles. The molecule has 1 aliphatic heterocycles. The summed E-state index contributed by atoms with van der Waals surface area (Å²) in [5.74, 6) is 0.767. The van der Waals surface area contributed by atoms with Crippen molar-refractivity contribution in [3.8, 4) is 0 Å². The third kappa shape index (κ3) is 4.72. The van der Waals surface area contributed by atoms with Crippen LogP contribution in [0.25, 0.3) is 0 Å². The molecule has 1 rings (SSSR count). The molecule has 1 aliphatic rings. The summed E-state index contributed by atoms with van der Waals surface area (Å²) in [5.41, 5.74) is -0.808. The Bertz CT molecular complexity index is 228. The summed E-state index contributed by atoms with van der Waals surface area (Å²) in [4.78, 5) is 11.8. The monoisotopic (exact) mass is 246 g/mol. The topological polar surface area (TPSA) is 61.4 Å². The van der Waals surface area contributed by atoms with Crippen LogP contribution in [0.1, 0.15) is 19.8 Å². The molecule has 16 heavy (non-hydrogen) atoms. The number of piperidine rings is 1. The van der Waals surface area contributed by atoms with Gasteiger partial charge in [-0.25, -0.2) is 0 Å². The second-order valence-electron chi connectivity index (χ2n) is 4.69. The summed E-state index contributed by atoms with van der Waals surface area (Å²) < 4.78 is 0. The smallest absolute Gasteiger partial charge is 0.224 e. The van der Waals surface area contributed by atoms with E-state index in [1.807, 2.05) is 6.26 Å². The van der Waals surface area contributed by atoms with E-state index >= 15 is 0 Å². The molecule has 1 amide bonds. The van der Waals surface area contributed by atoms with E-state index in [4.69, 9.17) is 0 Å². The summed E-state index contributed by atoms with van der Waals surface area (Å²) in [5, 5.41) is 16.0. The van der Waals surface area contributed by atoms with E-state index in [1.165, 1.54) is 0 Å². The lowest BCUT2D eigenvalue weighted by Crippen LogP contribution is -2.47. The van der Waals surface area contributed by atoms with E-state index in [1.54, 1.807) is 18.7 Å². The van der Waals surface area contributed by atoms with Crippen LogP contribution < -0.4 is 10.6 Å². The molecular weight excluding hydrogens is 224 g/mol. The number of carbonyl (C=O) groups excluding carboxylic acids is 1. The molecule has 5 heteroatoms. The predicted molar refractivity (Wildman–Crippen MR) is 67.6 cm³/mol. The van der Waals surface area contributed by atoms with Gasteiger partial charge in [0.05, 0.1) is 11.5 Å². The van der Waals surface area contributed by atoms with Gasteiger partial charge in [0, 0.05) is 18.8 Å². The van der Waals surface area contributed by atoms with Crippen molar-refractivity contribution in [3.63, 3.8) is 0 Å². The van der Waals surface area contributed by atoms with Crippen LogP contribution in [0.2, 0.25) is 0 Å². The van der Waals surface area contributed by atoms with Crippen molar-refractivity contribution in [2.45, 2.75) is 25.4 Å². The van der Waals surface area contributed by atoms with E-state index in [9.17, 15) is 9.90 Å². The SMILES string of the molecule is CSCC(C)(O)CNC(=O)C1CCCNC1. The van der Waals surface area contributed by atoms with Crippen molar-refractivity contribution < 1.29 is 9.90 Å². The molecule has 0 aliphatic carbocycles. The van der Waals surface area contributed by atoms with Gasteiger partial charge in [-0.05, 0) is 32.6 Å². The standard InChI is InChI=1S/C11H22N2O2S/c1-11(15,8-16-2)7-13-10(14)9-4-3-5-12-6-9/h9,12,15H,3-8H2,1-2H3,(H,13,14). The van der Waals surface area contributed by atoms with Gasteiger partial charge in [-0.3, -0.25) is 4.79 Å². The fourth-order valence-corrected chi connectivity index (χ4v) is 2.58. The molecule has 94 valence electrons. The Morgan fingerprint density at radius 2 is 2.44 bits per heavy atom. The van der Waals surface area contributed by atoms with Gasteiger partial charge in [-0.2, -0.15) is 11.8 Å². The summed E-state index contributed by atoms with van der Waals surface area (Å²) in [6.07, 6.45) is 3.95. The lowest BCUT2D eigenvalue weighted by Gasteiger charge is -2.26. The lowest BCUT2D eigenvalue weighted by atomic mass is 9.98. The van der Waals surface area contributed by atoms with Crippen LogP contribution in [0, 0.1) is 5.92 Å². The third-order valence-corrected chi connectivity index (χ3v) is 3.68. The Hall–Kier alpha value is -0.260. The first-order valence-electron chi connectivity index (χ1n) is 5.75. The van der Waals surface area contributed by atoms with Crippen LogP contribution in [-0.2, 0) is 4.79 Å². The number of rotatable bonds is 5. The maximum atomic E-state index is 11.8. The third-order valence-electron chi connectivity index (χ3n) is 2.77. The molecule has 0 spiro atoms. The van der Waals surface area contributed by atoms with Crippen LogP contribution >= 0.6 is 11.8 Å². The fourth-order valence-electron chi connectivity index (χ4n) is 1.86. The quantitative estimate of drug-likeness (QED) is 0.649. The Kier molecular flexibility index (Phi) is 5.58. The minimum Gasteiger partial charge on any atom is -0.387 e. The number of hydrogen-bond donors (Lipinski definition) is 3. The maximum absolute atomic E-state index is 11.8. The first kappa shape index (κ1) is 13.8. The van der Waals surface area contributed by atoms with Gasteiger partial charge in [0.15, 0.2) is 0 Å². The molecule has 3 N–H and O–H groups in total. The molecule has 2 atom stereocenters. The summed E-state index contributed by atoms with van der Waals surface area (Å²) in [6, 6.07) is 0. The Labute approximate surface area is 102 Å². The number of hydrogen-bond acceptors (Lipinski definition) is 4. The molecule has 0 aromatic heterocycles. The molecule has 4 nitrogen and oxygen atoms in total. The molecular formula is C11H22N2O2S. The number of amides is 1. The maximum Gasteiger partial charge on any atom is 0.224 e. The molecule has 0 aromatic rings. The largest absolute Gasteiger partial charge is 0.387 e. The van der Waals surface area contributed by atoms with Crippen molar-refractivity contribution in [2.75, 3.05) is 31.6 Å². The number of aliphatic hydroxyl groups is 1. The first-order chi connectivity index (χ1) is 7.55. The molecule has 0 radical (unpaired) electrons. The lowest BCUT2D eigenvalue weighted by molar-refractivity contribution is -0.126. The first-order valence-corrected chi connectivity index (χ1v) is 7.14. The number of thioether (sulfide) groups is 1. The minimum absolute atomic E-state index is 0.0635. The zero-order valence-corrected chi connectivity index (χ0v) is 10.9. The minimum atomic E-state index is -0.808. The van der Waals surface area contributed by atoms with Gasteiger partial charge >= 0.3 is 0 Å². The van der Waals surface area contributed by atoms with Gasteiger partial charge in [0.1, 0.15) is 0 Å². The van der Waals surface area contributed by atoms with Crippen molar-refractivity contribution in [2.24, 2.45) is 5.92 Å². The summed E-state index contributed by atoms with van der Waals surface area (Å²) in [6.45, 7) is 3.86. The number of carbonyl (C=O) groups is 1. The second-order valence-corrected chi connectivity index (χ2v) is 5.56. The van der Waals surface area contributed by atoms with E-state index < -0.39 is 5.60 Å². The zero-order chi connectivity index (χ0) is 12.0. The second kappa shape index (κ2) is 6.47. The zero-order valence-electron chi connectivity index (χ0n) is 10.1. The van der Waals surface area contributed by atoms with Crippen molar-refractivity contribution in [1.82, 2.24) is 10.6 Å². The van der Waals surface area contributed by atoms with Crippen LogP contribution in [0.15, 0.2) is 0 Å². The molecule has 1 saturated heterocycles. The van der Waals surface area contributed by atoms with Gasteiger partial charge in [-0.1, -0.05) is 0 Å². The van der Waals surface area contributed by atoms with Gasteiger partial charge in [0.2, 0.25) is 5.91 Å². The average Bonchev–Trinajstić information content (AvgIpc) is 2.27. The highest BCUT2D eigenvalue weighted by Gasteiger charge is 2.24. The normalized spacial score (nSPS) is 24.8. The highest BCUT2D eigenvalue weighted by Crippen LogP contribution is 2.12. The van der Waals surface area contributed by atoms with E-state index in [0.717, 1.165) is 25.9 Å². The van der Waals surface area contributed by atoms with E-state index in [-0.39, 0.29) is 11.8 Å². The Morgan fingerprint density at radius 1 is 1.69 bits per heavy atom. The Morgan fingerprint density at radius 3 is 3.00 bits per heavy atom. The number of nitrogens with one attached hydrogen (secondary N) is 2. The van der Waals surface area contributed by atoms with Crippen LogP contribution in [0.5, 0.6) is 0 Å². The van der Waals surface area contributed by atoms with Gasteiger partial charge in [-0.15, -0.1) is 0 Å². The summed E-state index contributed by atoms with van der Waals surface area (Å²) >= 11 is 1.58. The predicted octanol–water partition coefficient (Wildman–Crippen LogP) is 0.216. The van der Waals surface area contributed by atoms with Crippen LogP contribution in [-0.4, -0.2) is 48.3 Å². The molecule has 2 unspecified atom stereocenters. The van der Waals surface area contributed by atoms with Gasteiger partial charge < -0.3 is 15.7 Å². The van der Waals surface area contributed by atoms with Crippen LogP contribution in [0.3, 0.4) is 0 Å². The van der Waals surface area contributed by atoms with Crippen molar-refractivity contribution >= 4 is 17.7 Å². The van der Waals surface area contributed by atoms with E-state index in [2.05, 4.69) is 10.6 Å². The van der Waals surface area contributed by atoms with Crippen LogP contribution in [0.4, 0.5) is 0 Å². The summed E-state index contributed by atoms with van der Waals surface area (Å²) in [7, 11) is 0. The highest BCUT2D eigenvalue weighted by atomic mass is 32.2.